The van der Waals surface area contributed by atoms with Gasteiger partial charge in [0.25, 0.3) is 11.6 Å². The lowest BCUT2D eigenvalue weighted by Crippen LogP contribution is -2.13. The highest BCUT2D eigenvalue weighted by Gasteiger charge is 2.14. The van der Waals surface area contributed by atoms with Crippen molar-refractivity contribution < 1.29 is 14.5 Å². The molecule has 0 saturated heterocycles. The topological polar surface area (TPSA) is 81.5 Å². The number of nitrogens with one attached hydrogen (secondary N) is 1. The largest absolute Gasteiger partial charge is 0.496 e. The Morgan fingerprint density at radius 3 is 2.47 bits per heavy atom. The predicted molar refractivity (Wildman–Crippen MR) is 120 cm³/mol. The smallest absolute Gasteiger partial charge is 0.271 e. The molecule has 0 atom stereocenters. The van der Waals surface area contributed by atoms with Crippen LogP contribution in [0.25, 0.3) is 0 Å². The van der Waals surface area contributed by atoms with E-state index in [1.807, 2.05) is 6.92 Å². The Kier molecular flexibility index (Phi) is 6.74. The molecule has 0 bridgehead atoms. The quantitative estimate of drug-likeness (QED) is 0.297. The number of thioether (sulfide) groups is 1. The van der Waals surface area contributed by atoms with Crippen LogP contribution in [0, 0.1) is 24.0 Å². The molecule has 0 radical (unpaired) electrons. The molecule has 7 heteroatoms. The average molecular weight is 423 g/mol. The molecule has 3 aromatic rings. The number of carbonyl (C=O) groups excluding carboxylic acids is 1. The molecular weight excluding hydrogens is 400 g/mol. The monoisotopic (exact) mass is 422 g/mol. The van der Waals surface area contributed by atoms with Crippen molar-refractivity contribution >= 4 is 29.0 Å². The SMILES string of the molecule is COc1ccc(C(=O)Nc2cc([N+](=O)[O-])ccc2C)cc1CSc1ccc(C)cc1. The van der Waals surface area contributed by atoms with E-state index in [-0.39, 0.29) is 11.6 Å². The van der Waals surface area contributed by atoms with Crippen LogP contribution < -0.4 is 10.1 Å². The molecule has 0 aromatic heterocycles. The number of methoxy groups -OCH3 is 1. The average Bonchev–Trinajstić information content (AvgIpc) is 2.74. The third kappa shape index (κ3) is 5.18. The summed E-state index contributed by atoms with van der Waals surface area (Å²) in [5.74, 6) is 1.02. The molecule has 3 rings (SSSR count). The van der Waals surface area contributed by atoms with Crippen LogP contribution in [0.15, 0.2) is 65.6 Å². The maximum Gasteiger partial charge on any atom is 0.271 e. The minimum absolute atomic E-state index is 0.0687. The molecule has 154 valence electrons. The van der Waals surface area contributed by atoms with Gasteiger partial charge in [0.1, 0.15) is 5.75 Å². The first-order chi connectivity index (χ1) is 14.4. The number of ether oxygens (including phenoxy) is 1. The van der Waals surface area contributed by atoms with Crippen LogP contribution in [0.4, 0.5) is 11.4 Å². The molecule has 0 spiro atoms. The number of hydrogen-bond acceptors (Lipinski definition) is 5. The van der Waals surface area contributed by atoms with Crippen molar-refractivity contribution in [1.29, 1.82) is 0 Å². The maximum absolute atomic E-state index is 12.8. The Labute approximate surface area is 179 Å². The van der Waals surface area contributed by atoms with Gasteiger partial charge in [-0.1, -0.05) is 23.8 Å². The van der Waals surface area contributed by atoms with Gasteiger partial charge in [-0.3, -0.25) is 14.9 Å². The Hall–Kier alpha value is -3.32. The summed E-state index contributed by atoms with van der Waals surface area (Å²) >= 11 is 1.66. The van der Waals surface area contributed by atoms with E-state index >= 15 is 0 Å². The van der Waals surface area contributed by atoms with E-state index in [0.717, 1.165) is 16.0 Å². The van der Waals surface area contributed by atoms with Gasteiger partial charge in [0.15, 0.2) is 0 Å². The Bertz CT molecular complexity index is 1080. The van der Waals surface area contributed by atoms with Gasteiger partial charge in [-0.2, -0.15) is 0 Å². The number of aryl methyl sites for hydroxylation is 2. The van der Waals surface area contributed by atoms with E-state index in [1.165, 1.54) is 17.7 Å². The van der Waals surface area contributed by atoms with Crippen LogP contribution in [0.2, 0.25) is 0 Å². The minimum Gasteiger partial charge on any atom is -0.496 e. The van der Waals surface area contributed by atoms with E-state index in [0.29, 0.717) is 22.8 Å². The predicted octanol–water partition coefficient (Wildman–Crippen LogP) is 5.76. The number of benzene rings is 3. The molecule has 30 heavy (non-hydrogen) atoms. The van der Waals surface area contributed by atoms with Crippen LogP contribution in [0.1, 0.15) is 27.0 Å². The first-order valence-corrected chi connectivity index (χ1v) is 10.3. The zero-order valence-electron chi connectivity index (χ0n) is 17.0. The second kappa shape index (κ2) is 9.45. The molecule has 0 fully saturated rings. The molecule has 0 unspecified atom stereocenters. The van der Waals surface area contributed by atoms with Crippen molar-refractivity contribution in [1.82, 2.24) is 0 Å². The molecule has 1 amide bonds. The van der Waals surface area contributed by atoms with Gasteiger partial charge in [0, 0.05) is 33.9 Å². The highest BCUT2D eigenvalue weighted by Crippen LogP contribution is 2.30. The van der Waals surface area contributed by atoms with E-state index in [4.69, 9.17) is 4.74 Å². The number of carbonyl (C=O) groups is 1. The number of nitrogens with zero attached hydrogens (tertiary/aromatic N) is 1. The third-order valence-corrected chi connectivity index (χ3v) is 5.70. The molecule has 0 aliphatic heterocycles. The first-order valence-electron chi connectivity index (χ1n) is 9.30. The lowest BCUT2D eigenvalue weighted by Gasteiger charge is -2.12. The molecule has 0 saturated carbocycles. The fourth-order valence-corrected chi connectivity index (χ4v) is 3.76. The summed E-state index contributed by atoms with van der Waals surface area (Å²) in [5, 5.41) is 13.8. The summed E-state index contributed by atoms with van der Waals surface area (Å²) in [6, 6.07) is 17.9. The zero-order chi connectivity index (χ0) is 21.7. The van der Waals surface area contributed by atoms with E-state index in [2.05, 4.69) is 29.6 Å². The minimum atomic E-state index is -0.483. The molecule has 0 aliphatic rings. The maximum atomic E-state index is 12.8. The van der Waals surface area contributed by atoms with Crippen LogP contribution >= 0.6 is 11.8 Å². The van der Waals surface area contributed by atoms with Gasteiger partial charge in [-0.05, 0) is 49.7 Å². The fourth-order valence-electron chi connectivity index (χ4n) is 2.88. The molecular formula is C23H22N2O4S. The van der Waals surface area contributed by atoms with Crippen LogP contribution in [-0.4, -0.2) is 17.9 Å². The van der Waals surface area contributed by atoms with Gasteiger partial charge in [-0.15, -0.1) is 11.8 Å². The fraction of sp³-hybridized carbons (Fsp3) is 0.174. The second-order valence-corrected chi connectivity index (χ2v) is 7.89. The standard InChI is InChI=1S/C23H22N2O4S/c1-15-4-9-20(10-5-15)30-14-18-12-17(7-11-22(18)29-3)23(26)24-21-13-19(25(27)28)8-6-16(21)2/h4-13H,14H2,1-3H3,(H,24,26). The van der Waals surface area contributed by atoms with Gasteiger partial charge < -0.3 is 10.1 Å². The Morgan fingerprint density at radius 1 is 1.07 bits per heavy atom. The second-order valence-electron chi connectivity index (χ2n) is 6.84. The van der Waals surface area contributed by atoms with Gasteiger partial charge in [-0.25, -0.2) is 0 Å². The zero-order valence-corrected chi connectivity index (χ0v) is 17.8. The van der Waals surface area contributed by atoms with Crippen molar-refractivity contribution in [3.8, 4) is 5.75 Å². The highest BCUT2D eigenvalue weighted by molar-refractivity contribution is 7.98. The van der Waals surface area contributed by atoms with Crippen molar-refractivity contribution in [2.45, 2.75) is 24.5 Å². The number of nitro benzene ring substituents is 1. The van der Waals surface area contributed by atoms with E-state index in [9.17, 15) is 14.9 Å². The molecule has 3 aromatic carbocycles. The third-order valence-electron chi connectivity index (χ3n) is 4.64. The molecule has 1 N–H and O–H groups in total. The summed E-state index contributed by atoms with van der Waals surface area (Å²) in [6.07, 6.45) is 0. The number of rotatable bonds is 7. The summed E-state index contributed by atoms with van der Waals surface area (Å²) < 4.78 is 5.45. The van der Waals surface area contributed by atoms with Crippen molar-refractivity contribution in [3.05, 3.63) is 93.0 Å². The summed E-state index contributed by atoms with van der Waals surface area (Å²) in [6.45, 7) is 3.83. The summed E-state index contributed by atoms with van der Waals surface area (Å²) in [7, 11) is 1.60. The highest BCUT2D eigenvalue weighted by atomic mass is 32.2. The van der Waals surface area contributed by atoms with Gasteiger partial charge in [0.05, 0.1) is 17.7 Å². The normalized spacial score (nSPS) is 10.5. The Balaban J connectivity index is 1.79. The van der Waals surface area contributed by atoms with E-state index < -0.39 is 4.92 Å². The van der Waals surface area contributed by atoms with Crippen LogP contribution in [0.3, 0.4) is 0 Å². The van der Waals surface area contributed by atoms with E-state index in [1.54, 1.807) is 50.1 Å². The molecule has 6 nitrogen and oxygen atoms in total. The van der Waals surface area contributed by atoms with Crippen molar-refractivity contribution in [2.75, 3.05) is 12.4 Å². The number of hydrogen-bond donors (Lipinski definition) is 1. The number of anilines is 1. The lowest BCUT2D eigenvalue weighted by molar-refractivity contribution is -0.384. The van der Waals surface area contributed by atoms with Crippen LogP contribution in [0.5, 0.6) is 5.75 Å². The number of nitro groups is 1. The Morgan fingerprint density at radius 2 is 1.80 bits per heavy atom. The lowest BCUT2D eigenvalue weighted by atomic mass is 10.1. The number of non-ortho nitro benzene ring substituents is 1. The van der Waals surface area contributed by atoms with Crippen molar-refractivity contribution in [2.24, 2.45) is 0 Å². The van der Waals surface area contributed by atoms with Crippen molar-refractivity contribution in [3.63, 3.8) is 0 Å². The summed E-state index contributed by atoms with van der Waals surface area (Å²) in [5.41, 5.74) is 3.65. The molecule has 0 heterocycles. The first kappa shape index (κ1) is 21.4. The van der Waals surface area contributed by atoms with Crippen LogP contribution in [-0.2, 0) is 5.75 Å². The summed E-state index contributed by atoms with van der Waals surface area (Å²) in [4.78, 5) is 24.4. The molecule has 0 aliphatic carbocycles. The van der Waals surface area contributed by atoms with Gasteiger partial charge in [0.2, 0.25) is 0 Å². The van der Waals surface area contributed by atoms with Gasteiger partial charge >= 0.3 is 0 Å². The number of amides is 1.